The first-order valence-electron chi connectivity index (χ1n) is 4.71. The summed E-state index contributed by atoms with van der Waals surface area (Å²) in [7, 11) is 0. The molecular formula is C13H8ClFO. The Hall–Kier alpha value is -1.67. The lowest BCUT2D eigenvalue weighted by molar-refractivity contribution is 0.112. The molecule has 0 unspecified atom stereocenters. The van der Waals surface area contributed by atoms with Gasteiger partial charge in [-0.1, -0.05) is 23.7 Å². The Balaban J connectivity index is 2.57. The van der Waals surface area contributed by atoms with Crippen molar-refractivity contribution in [1.82, 2.24) is 0 Å². The van der Waals surface area contributed by atoms with Crippen LogP contribution in [0, 0.1) is 5.82 Å². The molecule has 0 saturated heterocycles. The summed E-state index contributed by atoms with van der Waals surface area (Å²) in [5.41, 5.74) is 1.81. The Morgan fingerprint density at radius 3 is 2.38 bits per heavy atom. The second kappa shape index (κ2) is 4.45. The molecule has 0 amide bonds. The van der Waals surface area contributed by atoms with E-state index in [-0.39, 0.29) is 5.82 Å². The number of hydrogen-bond acceptors (Lipinski definition) is 1. The number of rotatable bonds is 2. The fraction of sp³-hybridized carbons (Fsp3) is 0. The van der Waals surface area contributed by atoms with Crippen LogP contribution in [0.4, 0.5) is 4.39 Å². The van der Waals surface area contributed by atoms with E-state index in [9.17, 15) is 9.18 Å². The van der Waals surface area contributed by atoms with Gasteiger partial charge in [0.15, 0.2) is 6.29 Å². The normalized spacial score (nSPS) is 10.1. The van der Waals surface area contributed by atoms with Gasteiger partial charge in [0.25, 0.3) is 0 Å². The molecule has 0 aromatic heterocycles. The minimum absolute atomic E-state index is 0.365. The van der Waals surface area contributed by atoms with Crippen LogP contribution in [0.1, 0.15) is 10.4 Å². The van der Waals surface area contributed by atoms with Crippen LogP contribution in [0.3, 0.4) is 0 Å². The van der Waals surface area contributed by atoms with E-state index >= 15 is 0 Å². The van der Waals surface area contributed by atoms with Crippen molar-refractivity contribution in [2.24, 2.45) is 0 Å². The Bertz CT molecular complexity index is 520. The van der Waals surface area contributed by atoms with E-state index in [0.29, 0.717) is 22.4 Å². The molecule has 0 radical (unpaired) electrons. The predicted octanol–water partition coefficient (Wildman–Crippen LogP) is 3.96. The molecule has 0 heterocycles. The molecule has 16 heavy (non-hydrogen) atoms. The molecule has 0 aliphatic rings. The molecule has 2 aromatic rings. The Labute approximate surface area is 97.5 Å². The zero-order chi connectivity index (χ0) is 11.5. The Morgan fingerprint density at radius 2 is 1.75 bits per heavy atom. The highest BCUT2D eigenvalue weighted by atomic mass is 35.5. The largest absolute Gasteiger partial charge is 0.298 e. The van der Waals surface area contributed by atoms with E-state index in [1.165, 1.54) is 18.2 Å². The molecule has 0 saturated carbocycles. The Morgan fingerprint density at radius 1 is 1.06 bits per heavy atom. The van der Waals surface area contributed by atoms with E-state index in [1.807, 2.05) is 0 Å². The molecule has 0 bridgehead atoms. The molecule has 0 atom stereocenters. The molecular weight excluding hydrogens is 227 g/mol. The summed E-state index contributed by atoms with van der Waals surface area (Å²) in [4.78, 5) is 10.8. The lowest BCUT2D eigenvalue weighted by Gasteiger charge is -2.05. The second-order valence-electron chi connectivity index (χ2n) is 3.36. The zero-order valence-corrected chi connectivity index (χ0v) is 9.04. The van der Waals surface area contributed by atoms with Crippen molar-refractivity contribution in [3.8, 4) is 11.1 Å². The van der Waals surface area contributed by atoms with Gasteiger partial charge in [0.2, 0.25) is 0 Å². The molecule has 2 rings (SSSR count). The van der Waals surface area contributed by atoms with Gasteiger partial charge < -0.3 is 0 Å². The molecule has 0 aliphatic heterocycles. The topological polar surface area (TPSA) is 17.1 Å². The third-order valence-corrected chi connectivity index (χ3v) is 2.55. The summed E-state index contributed by atoms with van der Waals surface area (Å²) in [5, 5.41) is 0.604. The fourth-order valence-electron chi connectivity index (χ4n) is 1.51. The molecule has 3 heteroatoms. The van der Waals surface area contributed by atoms with Gasteiger partial charge in [0.05, 0.1) is 0 Å². The summed E-state index contributed by atoms with van der Waals surface area (Å²) < 4.78 is 13.1. The second-order valence-corrected chi connectivity index (χ2v) is 3.79. The highest BCUT2D eigenvalue weighted by Gasteiger charge is 2.05. The van der Waals surface area contributed by atoms with E-state index in [2.05, 4.69) is 0 Å². The average Bonchev–Trinajstić information content (AvgIpc) is 2.30. The van der Waals surface area contributed by atoms with Crippen LogP contribution in [0.25, 0.3) is 11.1 Å². The third kappa shape index (κ3) is 2.12. The van der Waals surface area contributed by atoms with Gasteiger partial charge in [-0.15, -0.1) is 0 Å². The quantitative estimate of drug-likeness (QED) is 0.719. The maximum Gasteiger partial charge on any atom is 0.150 e. The van der Waals surface area contributed by atoms with Gasteiger partial charge in [0.1, 0.15) is 5.82 Å². The highest BCUT2D eigenvalue weighted by molar-refractivity contribution is 6.30. The van der Waals surface area contributed by atoms with Crippen LogP contribution in [-0.4, -0.2) is 6.29 Å². The minimum atomic E-state index is -0.365. The van der Waals surface area contributed by atoms with Crippen molar-refractivity contribution >= 4 is 17.9 Å². The monoisotopic (exact) mass is 234 g/mol. The van der Waals surface area contributed by atoms with Crippen LogP contribution < -0.4 is 0 Å². The van der Waals surface area contributed by atoms with Crippen molar-refractivity contribution in [3.05, 3.63) is 58.9 Å². The van der Waals surface area contributed by atoms with Crippen LogP contribution >= 0.6 is 11.6 Å². The number of benzene rings is 2. The number of hydrogen-bond donors (Lipinski definition) is 0. The lowest BCUT2D eigenvalue weighted by atomic mass is 10.0. The van der Waals surface area contributed by atoms with Crippen LogP contribution in [0.15, 0.2) is 42.5 Å². The number of halogens is 2. The maximum absolute atomic E-state index is 13.1. The molecule has 0 aliphatic carbocycles. The number of aldehydes is 1. The molecule has 1 nitrogen and oxygen atoms in total. The molecule has 0 N–H and O–H groups in total. The van der Waals surface area contributed by atoms with Crippen LogP contribution in [0.2, 0.25) is 5.02 Å². The zero-order valence-electron chi connectivity index (χ0n) is 8.28. The standard InChI is InChI=1S/C13H8ClFO/c14-11-4-1-9(2-5-11)13-7-12(15)6-3-10(13)8-16/h1-8H. The maximum atomic E-state index is 13.1. The van der Waals surface area contributed by atoms with E-state index in [0.717, 1.165) is 5.56 Å². The predicted molar refractivity (Wildman–Crippen MR) is 62.2 cm³/mol. The van der Waals surface area contributed by atoms with Crippen LogP contribution in [0.5, 0.6) is 0 Å². The lowest BCUT2D eigenvalue weighted by Crippen LogP contribution is -1.88. The molecule has 2 aromatic carbocycles. The third-order valence-electron chi connectivity index (χ3n) is 2.30. The van der Waals surface area contributed by atoms with E-state index in [4.69, 9.17) is 11.6 Å². The van der Waals surface area contributed by atoms with Crippen molar-refractivity contribution < 1.29 is 9.18 Å². The molecule has 80 valence electrons. The summed E-state index contributed by atoms with van der Waals surface area (Å²) >= 11 is 5.76. The Kier molecular flexibility index (Phi) is 3.02. The number of carbonyl (C=O) groups is 1. The first kappa shape index (κ1) is 10.8. The molecule has 0 spiro atoms. The first-order chi connectivity index (χ1) is 7.70. The minimum Gasteiger partial charge on any atom is -0.298 e. The summed E-state index contributed by atoms with van der Waals surface area (Å²) in [6, 6.07) is 11.0. The van der Waals surface area contributed by atoms with Gasteiger partial charge in [-0.3, -0.25) is 4.79 Å². The van der Waals surface area contributed by atoms with E-state index < -0.39 is 0 Å². The van der Waals surface area contributed by atoms with Gasteiger partial charge in [-0.25, -0.2) is 4.39 Å². The van der Waals surface area contributed by atoms with Gasteiger partial charge in [-0.2, -0.15) is 0 Å². The van der Waals surface area contributed by atoms with Crippen LogP contribution in [-0.2, 0) is 0 Å². The van der Waals surface area contributed by atoms with Crippen molar-refractivity contribution in [1.29, 1.82) is 0 Å². The summed E-state index contributed by atoms with van der Waals surface area (Å²) in [5.74, 6) is -0.365. The van der Waals surface area contributed by atoms with Gasteiger partial charge in [0, 0.05) is 10.6 Å². The first-order valence-corrected chi connectivity index (χ1v) is 5.09. The van der Waals surface area contributed by atoms with Crippen molar-refractivity contribution in [3.63, 3.8) is 0 Å². The summed E-state index contributed by atoms with van der Waals surface area (Å²) in [6.07, 6.45) is 0.712. The van der Waals surface area contributed by atoms with Gasteiger partial charge >= 0.3 is 0 Å². The number of carbonyl (C=O) groups excluding carboxylic acids is 1. The van der Waals surface area contributed by atoms with E-state index in [1.54, 1.807) is 24.3 Å². The smallest absolute Gasteiger partial charge is 0.150 e. The highest BCUT2D eigenvalue weighted by Crippen LogP contribution is 2.25. The molecule has 0 fully saturated rings. The SMILES string of the molecule is O=Cc1ccc(F)cc1-c1ccc(Cl)cc1. The average molecular weight is 235 g/mol. The van der Waals surface area contributed by atoms with Gasteiger partial charge in [-0.05, 0) is 41.5 Å². The van der Waals surface area contributed by atoms with Crippen molar-refractivity contribution in [2.75, 3.05) is 0 Å². The fourth-order valence-corrected chi connectivity index (χ4v) is 1.64. The summed E-state index contributed by atoms with van der Waals surface area (Å²) in [6.45, 7) is 0. The van der Waals surface area contributed by atoms with Crippen molar-refractivity contribution in [2.45, 2.75) is 0 Å².